The van der Waals surface area contributed by atoms with Gasteiger partial charge >= 0.3 is 6.48 Å². The van der Waals surface area contributed by atoms with E-state index in [0.717, 1.165) is 5.56 Å². The molecule has 0 fully saturated rings. The zero-order valence-electron chi connectivity index (χ0n) is 9.23. The molecule has 0 aliphatic heterocycles. The van der Waals surface area contributed by atoms with Gasteiger partial charge in [-0.1, -0.05) is 12.1 Å². The Labute approximate surface area is 89.7 Å². The van der Waals surface area contributed by atoms with Gasteiger partial charge in [-0.3, -0.25) is 0 Å². The van der Waals surface area contributed by atoms with Gasteiger partial charge in [-0.2, -0.15) is 0 Å². The van der Waals surface area contributed by atoms with E-state index in [9.17, 15) is 0 Å². The molecule has 0 unspecified atom stereocenters. The van der Waals surface area contributed by atoms with Gasteiger partial charge in [0.05, 0.1) is 6.61 Å². The van der Waals surface area contributed by atoms with E-state index in [2.05, 4.69) is 0 Å². The zero-order valence-corrected chi connectivity index (χ0v) is 9.23. The largest absolute Gasteiger partial charge is 0.441 e. The lowest BCUT2D eigenvalue weighted by molar-refractivity contribution is -0.219. The van der Waals surface area contributed by atoms with Crippen LogP contribution in [0.15, 0.2) is 24.3 Å². The van der Waals surface area contributed by atoms with E-state index >= 15 is 0 Å². The Hall–Kier alpha value is -1.10. The van der Waals surface area contributed by atoms with Gasteiger partial charge < -0.3 is 18.9 Å². The van der Waals surface area contributed by atoms with Crippen molar-refractivity contribution in [1.82, 2.24) is 0 Å². The van der Waals surface area contributed by atoms with Gasteiger partial charge in [0.1, 0.15) is 5.75 Å². The summed E-state index contributed by atoms with van der Waals surface area (Å²) in [7, 11) is 4.70. The predicted octanol–water partition coefficient (Wildman–Crippen LogP) is 1.79. The number of ether oxygens (including phenoxy) is 4. The van der Waals surface area contributed by atoms with Crippen molar-refractivity contribution in [1.29, 1.82) is 0 Å². The van der Waals surface area contributed by atoms with Gasteiger partial charge in [0, 0.05) is 21.3 Å². The van der Waals surface area contributed by atoms with Crippen LogP contribution in [0.2, 0.25) is 0 Å². The van der Waals surface area contributed by atoms with Crippen LogP contribution < -0.4 is 4.74 Å². The highest BCUT2D eigenvalue weighted by Gasteiger charge is 2.06. The lowest BCUT2D eigenvalue weighted by Crippen LogP contribution is -2.20. The Bertz CT molecular complexity index is 284. The third kappa shape index (κ3) is 3.87. The average Bonchev–Trinajstić information content (AvgIpc) is 2.27. The molecule has 0 aliphatic carbocycles. The molecule has 1 aromatic carbocycles. The molecule has 0 heterocycles. The Morgan fingerprint density at radius 2 is 1.87 bits per heavy atom. The molecule has 0 atom stereocenters. The van der Waals surface area contributed by atoms with Gasteiger partial charge in [0.2, 0.25) is 0 Å². The molecule has 4 heteroatoms. The molecule has 0 spiro atoms. The fraction of sp³-hybridized carbons (Fsp3) is 0.455. The van der Waals surface area contributed by atoms with Crippen LogP contribution in [0.1, 0.15) is 5.56 Å². The predicted molar refractivity (Wildman–Crippen MR) is 55.6 cm³/mol. The van der Waals surface area contributed by atoms with E-state index in [1.54, 1.807) is 7.11 Å². The maximum atomic E-state index is 5.40. The summed E-state index contributed by atoms with van der Waals surface area (Å²) in [5.41, 5.74) is 1.04. The summed E-state index contributed by atoms with van der Waals surface area (Å²) in [5.74, 6) is 0.693. The third-order valence-corrected chi connectivity index (χ3v) is 1.83. The first kappa shape index (κ1) is 12.0. The molecule has 0 N–H and O–H groups in total. The van der Waals surface area contributed by atoms with Crippen molar-refractivity contribution >= 4 is 0 Å². The van der Waals surface area contributed by atoms with Crippen LogP contribution in [0.25, 0.3) is 0 Å². The molecule has 84 valence electrons. The molecule has 0 saturated heterocycles. The monoisotopic (exact) mass is 212 g/mol. The zero-order chi connectivity index (χ0) is 11.1. The van der Waals surface area contributed by atoms with Crippen LogP contribution in [-0.4, -0.2) is 27.8 Å². The van der Waals surface area contributed by atoms with E-state index in [-0.39, 0.29) is 0 Å². The van der Waals surface area contributed by atoms with Gasteiger partial charge in [-0.25, -0.2) is 0 Å². The number of benzene rings is 1. The average molecular weight is 212 g/mol. The van der Waals surface area contributed by atoms with Crippen molar-refractivity contribution in [3.63, 3.8) is 0 Å². The van der Waals surface area contributed by atoms with Crippen LogP contribution in [-0.2, 0) is 20.8 Å². The van der Waals surface area contributed by atoms with Crippen molar-refractivity contribution in [2.24, 2.45) is 0 Å². The second kappa shape index (κ2) is 6.40. The van der Waals surface area contributed by atoms with Crippen molar-refractivity contribution < 1.29 is 18.9 Å². The standard InChI is InChI=1S/C11H16O4/c1-12-8-9-5-4-6-10(7-9)15-11(13-2)14-3/h4-7,11H,8H2,1-3H3. The van der Waals surface area contributed by atoms with Crippen molar-refractivity contribution in [3.8, 4) is 5.75 Å². The Morgan fingerprint density at radius 1 is 1.13 bits per heavy atom. The molecule has 15 heavy (non-hydrogen) atoms. The van der Waals surface area contributed by atoms with Crippen molar-refractivity contribution in [2.45, 2.75) is 13.1 Å². The fourth-order valence-corrected chi connectivity index (χ4v) is 1.18. The van der Waals surface area contributed by atoms with Crippen LogP contribution in [0.4, 0.5) is 0 Å². The first-order valence-electron chi connectivity index (χ1n) is 4.60. The lowest BCUT2D eigenvalue weighted by atomic mass is 10.2. The second-order valence-corrected chi connectivity index (χ2v) is 2.96. The van der Waals surface area contributed by atoms with Crippen molar-refractivity contribution in [2.75, 3.05) is 21.3 Å². The molecule has 0 aliphatic rings. The lowest BCUT2D eigenvalue weighted by Gasteiger charge is -2.15. The van der Waals surface area contributed by atoms with Crippen LogP contribution in [0.5, 0.6) is 5.75 Å². The number of rotatable bonds is 6. The van der Waals surface area contributed by atoms with Crippen molar-refractivity contribution in [3.05, 3.63) is 29.8 Å². The smallest absolute Gasteiger partial charge is 0.315 e. The summed E-state index contributed by atoms with van der Waals surface area (Å²) in [6.07, 6.45) is 0. The molecule has 1 rings (SSSR count). The van der Waals surface area contributed by atoms with Gasteiger partial charge in [0.15, 0.2) is 0 Å². The van der Waals surface area contributed by atoms with E-state index in [4.69, 9.17) is 18.9 Å². The molecular weight excluding hydrogens is 196 g/mol. The molecule has 0 bridgehead atoms. The second-order valence-electron chi connectivity index (χ2n) is 2.96. The van der Waals surface area contributed by atoms with E-state index in [0.29, 0.717) is 12.4 Å². The Morgan fingerprint density at radius 3 is 2.47 bits per heavy atom. The van der Waals surface area contributed by atoms with E-state index < -0.39 is 6.48 Å². The van der Waals surface area contributed by atoms with Crippen LogP contribution in [0, 0.1) is 0 Å². The minimum absolute atomic E-state index is 0.557. The molecule has 4 nitrogen and oxygen atoms in total. The summed E-state index contributed by atoms with van der Waals surface area (Å²) in [6.45, 7) is -0.121. The minimum atomic E-state index is -0.678. The summed E-state index contributed by atoms with van der Waals surface area (Å²) >= 11 is 0. The molecular formula is C11H16O4. The molecule has 0 amide bonds. The summed E-state index contributed by atoms with van der Waals surface area (Å²) in [5, 5.41) is 0. The van der Waals surface area contributed by atoms with Gasteiger partial charge in [-0.15, -0.1) is 0 Å². The topological polar surface area (TPSA) is 36.9 Å². The van der Waals surface area contributed by atoms with Crippen LogP contribution >= 0.6 is 0 Å². The quantitative estimate of drug-likeness (QED) is 0.674. The van der Waals surface area contributed by atoms with Gasteiger partial charge in [-0.05, 0) is 17.7 Å². The first-order valence-corrected chi connectivity index (χ1v) is 4.60. The summed E-state index contributed by atoms with van der Waals surface area (Å²) in [6, 6.07) is 7.58. The number of hydrogen-bond donors (Lipinski definition) is 0. The van der Waals surface area contributed by atoms with E-state index in [1.165, 1.54) is 14.2 Å². The normalized spacial score (nSPS) is 10.7. The maximum absolute atomic E-state index is 5.40. The third-order valence-electron chi connectivity index (χ3n) is 1.83. The molecule has 0 saturated carbocycles. The van der Waals surface area contributed by atoms with Gasteiger partial charge in [0.25, 0.3) is 0 Å². The molecule has 0 radical (unpaired) electrons. The Balaban J connectivity index is 2.64. The highest BCUT2D eigenvalue weighted by atomic mass is 16.8. The number of hydrogen-bond acceptors (Lipinski definition) is 4. The fourth-order valence-electron chi connectivity index (χ4n) is 1.18. The molecule has 1 aromatic rings. The Kier molecular flexibility index (Phi) is 5.10. The number of methoxy groups -OCH3 is 3. The summed E-state index contributed by atoms with van der Waals surface area (Å²) in [4.78, 5) is 0. The SMILES string of the molecule is COCc1cccc(OC(OC)OC)c1. The minimum Gasteiger partial charge on any atom is -0.441 e. The highest BCUT2D eigenvalue weighted by Crippen LogP contribution is 2.15. The summed E-state index contributed by atoms with van der Waals surface area (Å²) < 4.78 is 20.3. The maximum Gasteiger partial charge on any atom is 0.315 e. The first-order chi connectivity index (χ1) is 7.30. The van der Waals surface area contributed by atoms with Crippen LogP contribution in [0.3, 0.4) is 0 Å². The van der Waals surface area contributed by atoms with E-state index in [1.807, 2.05) is 24.3 Å². The highest BCUT2D eigenvalue weighted by molar-refractivity contribution is 5.28. The molecule has 0 aromatic heterocycles.